The van der Waals surface area contributed by atoms with Gasteiger partial charge in [-0.1, -0.05) is 18.2 Å². The normalized spacial score (nSPS) is 17.7. The van der Waals surface area contributed by atoms with Crippen LogP contribution in [0.15, 0.2) is 42.5 Å². The highest BCUT2D eigenvalue weighted by molar-refractivity contribution is 6.12. The van der Waals surface area contributed by atoms with Crippen molar-refractivity contribution in [2.75, 3.05) is 0 Å². The molecule has 0 saturated heterocycles. The van der Waals surface area contributed by atoms with Crippen molar-refractivity contribution in [3.05, 3.63) is 64.7 Å². The third-order valence-electron chi connectivity index (χ3n) is 5.05. The lowest BCUT2D eigenvalue weighted by Crippen LogP contribution is -2.31. The van der Waals surface area contributed by atoms with Gasteiger partial charge in [-0.2, -0.15) is 0 Å². The highest BCUT2D eigenvalue weighted by Gasteiger charge is 2.36. The van der Waals surface area contributed by atoms with Crippen molar-refractivity contribution in [3.8, 4) is 23.0 Å². The summed E-state index contributed by atoms with van der Waals surface area (Å²) in [6.07, 6.45) is 10.4. The molecular formula is C25H24O5. The molecule has 2 aliphatic rings. The molecule has 0 unspecified atom stereocenters. The number of ether oxygens (including phenoxy) is 2. The van der Waals surface area contributed by atoms with Crippen molar-refractivity contribution in [1.82, 2.24) is 0 Å². The van der Waals surface area contributed by atoms with E-state index in [4.69, 9.17) is 9.47 Å². The summed E-state index contributed by atoms with van der Waals surface area (Å²) in [7, 11) is 0. The molecule has 0 atom stereocenters. The fourth-order valence-corrected chi connectivity index (χ4v) is 3.49. The molecule has 2 aromatic carbocycles. The zero-order valence-corrected chi connectivity index (χ0v) is 17.4. The van der Waals surface area contributed by atoms with Gasteiger partial charge in [-0.15, -0.1) is 0 Å². The predicted octanol–water partition coefficient (Wildman–Crippen LogP) is 5.36. The summed E-state index contributed by atoms with van der Waals surface area (Å²) < 4.78 is 12.2. The molecule has 2 N–H and O–H groups in total. The van der Waals surface area contributed by atoms with Gasteiger partial charge in [-0.25, -0.2) is 0 Å². The van der Waals surface area contributed by atoms with Crippen molar-refractivity contribution in [2.45, 2.75) is 38.9 Å². The molecule has 0 fully saturated rings. The molecule has 5 nitrogen and oxygen atoms in total. The highest BCUT2D eigenvalue weighted by Crippen LogP contribution is 2.50. The van der Waals surface area contributed by atoms with Gasteiger partial charge in [0.15, 0.2) is 5.78 Å². The zero-order valence-electron chi connectivity index (χ0n) is 17.4. The van der Waals surface area contributed by atoms with Gasteiger partial charge in [0, 0.05) is 0 Å². The molecule has 0 radical (unpaired) electrons. The van der Waals surface area contributed by atoms with Crippen molar-refractivity contribution >= 4 is 24.0 Å². The van der Waals surface area contributed by atoms with E-state index in [1.165, 1.54) is 6.08 Å². The third-order valence-corrected chi connectivity index (χ3v) is 5.05. The number of fused-ring (bicyclic) bond motifs is 3. The maximum atomic E-state index is 13.1. The molecular weight excluding hydrogens is 380 g/mol. The Morgan fingerprint density at radius 2 is 1.43 bits per heavy atom. The third kappa shape index (κ3) is 3.59. The molecule has 5 heteroatoms. The first kappa shape index (κ1) is 19.8. The van der Waals surface area contributed by atoms with E-state index >= 15 is 0 Å². The number of benzene rings is 2. The maximum absolute atomic E-state index is 13.1. The van der Waals surface area contributed by atoms with E-state index in [1.807, 2.05) is 45.9 Å². The molecule has 2 aromatic rings. The minimum Gasteiger partial charge on any atom is -0.508 e. The van der Waals surface area contributed by atoms with E-state index in [-0.39, 0.29) is 22.8 Å². The lowest BCUT2D eigenvalue weighted by Gasteiger charge is -2.35. The van der Waals surface area contributed by atoms with E-state index in [9.17, 15) is 15.0 Å². The zero-order chi connectivity index (χ0) is 21.7. The Labute approximate surface area is 175 Å². The number of rotatable bonds is 3. The summed E-state index contributed by atoms with van der Waals surface area (Å²) >= 11 is 0. The Morgan fingerprint density at radius 3 is 2.07 bits per heavy atom. The van der Waals surface area contributed by atoms with Crippen LogP contribution in [0.1, 0.15) is 54.7 Å². The Bertz CT molecular complexity index is 1120. The second-order valence-electron chi connectivity index (χ2n) is 8.58. The summed E-state index contributed by atoms with van der Waals surface area (Å²) in [5.41, 5.74) is 0.771. The van der Waals surface area contributed by atoms with Gasteiger partial charge in [-0.05, 0) is 75.8 Å². The molecule has 2 aliphatic heterocycles. The molecule has 2 heterocycles. The molecule has 0 bridgehead atoms. The Balaban J connectivity index is 1.85. The van der Waals surface area contributed by atoms with Crippen LogP contribution in [-0.4, -0.2) is 27.2 Å². The number of hydrogen-bond donors (Lipinski definition) is 2. The lowest BCUT2D eigenvalue weighted by molar-refractivity contribution is 0.102. The summed E-state index contributed by atoms with van der Waals surface area (Å²) in [6, 6.07) is 6.48. The molecule has 0 amide bonds. The Kier molecular flexibility index (Phi) is 4.49. The summed E-state index contributed by atoms with van der Waals surface area (Å²) in [5, 5.41) is 20.4. The first-order chi connectivity index (χ1) is 14.1. The maximum Gasteiger partial charge on any atom is 0.193 e. The molecule has 0 saturated carbocycles. The number of phenols is 2. The molecule has 0 aliphatic carbocycles. The van der Waals surface area contributed by atoms with Crippen LogP contribution in [-0.2, 0) is 0 Å². The van der Waals surface area contributed by atoms with Crippen molar-refractivity contribution in [1.29, 1.82) is 0 Å². The topological polar surface area (TPSA) is 76.0 Å². The van der Waals surface area contributed by atoms with Gasteiger partial charge in [-0.3, -0.25) is 4.79 Å². The second-order valence-corrected chi connectivity index (χ2v) is 8.58. The number of hydrogen-bond acceptors (Lipinski definition) is 5. The van der Waals surface area contributed by atoms with Crippen LogP contribution in [0.4, 0.5) is 0 Å². The number of allylic oxidation sites excluding steroid dienone is 1. The Hall–Kier alpha value is -3.47. The molecule has 0 aromatic heterocycles. The first-order valence-corrected chi connectivity index (χ1v) is 9.77. The average molecular weight is 404 g/mol. The van der Waals surface area contributed by atoms with E-state index in [1.54, 1.807) is 36.4 Å². The van der Waals surface area contributed by atoms with Crippen LogP contribution in [0, 0.1) is 0 Å². The van der Waals surface area contributed by atoms with Crippen molar-refractivity contribution in [3.63, 3.8) is 0 Å². The standard InChI is InChI=1S/C25H24O5/c1-24(2)13-11-17-21(28)20(19(27)10-7-15-5-8-16(26)9-6-15)23-18(22(17)29-24)12-14-25(3,4)30-23/h5-14,26,28H,1-4H3. The van der Waals surface area contributed by atoms with Gasteiger partial charge in [0.05, 0.1) is 11.1 Å². The predicted molar refractivity (Wildman–Crippen MR) is 117 cm³/mol. The quantitative estimate of drug-likeness (QED) is 0.532. The van der Waals surface area contributed by atoms with Gasteiger partial charge < -0.3 is 19.7 Å². The highest BCUT2D eigenvalue weighted by atomic mass is 16.5. The van der Waals surface area contributed by atoms with Crippen molar-refractivity contribution < 1.29 is 24.5 Å². The number of carbonyl (C=O) groups is 1. The second kappa shape index (κ2) is 6.80. The smallest absolute Gasteiger partial charge is 0.193 e. The van der Waals surface area contributed by atoms with Crippen molar-refractivity contribution in [2.24, 2.45) is 0 Å². The van der Waals surface area contributed by atoms with E-state index in [0.717, 1.165) is 5.56 Å². The van der Waals surface area contributed by atoms with Crippen LogP contribution in [0.5, 0.6) is 23.0 Å². The fourth-order valence-electron chi connectivity index (χ4n) is 3.49. The van der Waals surface area contributed by atoms with Gasteiger partial charge in [0.1, 0.15) is 39.8 Å². The fraction of sp³-hybridized carbons (Fsp3) is 0.240. The van der Waals surface area contributed by atoms with Gasteiger partial charge in [0.25, 0.3) is 0 Å². The molecule has 0 spiro atoms. The van der Waals surface area contributed by atoms with Crippen LogP contribution in [0.2, 0.25) is 0 Å². The van der Waals surface area contributed by atoms with E-state index < -0.39 is 11.2 Å². The number of carbonyl (C=O) groups excluding carboxylic acids is 1. The van der Waals surface area contributed by atoms with Gasteiger partial charge in [0.2, 0.25) is 0 Å². The molecule has 154 valence electrons. The van der Waals surface area contributed by atoms with Crippen LogP contribution >= 0.6 is 0 Å². The monoisotopic (exact) mass is 404 g/mol. The first-order valence-electron chi connectivity index (χ1n) is 9.77. The lowest BCUT2D eigenvalue weighted by atomic mass is 9.90. The minimum atomic E-state index is -0.636. The Morgan fingerprint density at radius 1 is 0.867 bits per heavy atom. The molecule has 4 rings (SSSR count). The van der Waals surface area contributed by atoms with Gasteiger partial charge >= 0.3 is 0 Å². The van der Waals surface area contributed by atoms with Crippen LogP contribution in [0.3, 0.4) is 0 Å². The average Bonchev–Trinajstić information content (AvgIpc) is 2.66. The number of aromatic hydroxyl groups is 2. The summed E-state index contributed by atoms with van der Waals surface area (Å²) in [5.74, 6) is 0.411. The van der Waals surface area contributed by atoms with Crippen LogP contribution in [0.25, 0.3) is 18.2 Å². The van der Waals surface area contributed by atoms with E-state index in [2.05, 4.69) is 0 Å². The largest absolute Gasteiger partial charge is 0.508 e. The summed E-state index contributed by atoms with van der Waals surface area (Å²) in [6.45, 7) is 7.61. The molecule has 30 heavy (non-hydrogen) atoms. The number of ketones is 1. The number of phenolic OH excluding ortho intramolecular Hbond substituents is 2. The van der Waals surface area contributed by atoms with Crippen LogP contribution < -0.4 is 9.47 Å². The minimum absolute atomic E-state index is 0.101. The SMILES string of the molecule is CC1(C)C=Cc2c(O)c(C(=O)C=Cc3ccc(O)cc3)c3c(c2O1)C=CC(C)(C)O3. The summed E-state index contributed by atoms with van der Waals surface area (Å²) in [4.78, 5) is 13.1. The van der Waals surface area contributed by atoms with E-state index in [0.29, 0.717) is 22.6 Å².